The Bertz CT molecular complexity index is 475. The molecule has 0 fully saturated rings. The van der Waals surface area contributed by atoms with Crippen molar-refractivity contribution in [3.8, 4) is 0 Å². The molecule has 0 aliphatic rings. The van der Waals surface area contributed by atoms with Gasteiger partial charge in [0.1, 0.15) is 0 Å². The normalized spacial score (nSPS) is 10.4. The van der Waals surface area contributed by atoms with Crippen LogP contribution in [0.25, 0.3) is 0 Å². The third-order valence-corrected chi connectivity index (χ3v) is 2.82. The molecule has 17 heavy (non-hydrogen) atoms. The maximum absolute atomic E-state index is 5.76. The fraction of sp³-hybridized carbons (Fsp3) is 0.200. The minimum Gasteiger partial charge on any atom is -0.399 e. The van der Waals surface area contributed by atoms with E-state index in [1.807, 2.05) is 18.2 Å². The number of nitrogen functional groups attached to an aromatic ring is 1. The minimum absolute atomic E-state index is 0.703. The molecule has 2 rings (SSSR count). The molecule has 2 aromatic rings. The molecule has 2 heteroatoms. The third kappa shape index (κ3) is 3.33. The molecule has 0 radical (unpaired) electrons. The van der Waals surface area contributed by atoms with Crippen molar-refractivity contribution in [2.45, 2.75) is 12.8 Å². The molecule has 4 N–H and O–H groups in total. The van der Waals surface area contributed by atoms with Crippen molar-refractivity contribution in [1.82, 2.24) is 0 Å². The summed E-state index contributed by atoms with van der Waals surface area (Å²) in [4.78, 5) is 0. The van der Waals surface area contributed by atoms with Gasteiger partial charge in [-0.05, 0) is 48.2 Å². The second-order valence-corrected chi connectivity index (χ2v) is 4.28. The number of hydrogen-bond acceptors (Lipinski definition) is 2. The van der Waals surface area contributed by atoms with E-state index in [0.717, 1.165) is 18.5 Å². The van der Waals surface area contributed by atoms with E-state index in [1.54, 1.807) is 0 Å². The van der Waals surface area contributed by atoms with Gasteiger partial charge in [0, 0.05) is 5.69 Å². The minimum atomic E-state index is 0.703. The highest BCUT2D eigenvalue weighted by molar-refractivity contribution is 5.42. The van der Waals surface area contributed by atoms with E-state index in [1.165, 1.54) is 16.7 Å². The summed E-state index contributed by atoms with van der Waals surface area (Å²) in [6.07, 6.45) is 1.87. The summed E-state index contributed by atoms with van der Waals surface area (Å²) in [5.41, 5.74) is 16.0. The van der Waals surface area contributed by atoms with Crippen LogP contribution < -0.4 is 11.5 Å². The molecule has 0 bridgehead atoms. The predicted octanol–water partition coefficient (Wildman–Crippen LogP) is 2.36. The van der Waals surface area contributed by atoms with Gasteiger partial charge in [0.25, 0.3) is 0 Å². The molecular formula is C15H18N2. The third-order valence-electron chi connectivity index (χ3n) is 2.82. The maximum atomic E-state index is 5.76. The van der Waals surface area contributed by atoms with Gasteiger partial charge < -0.3 is 11.5 Å². The highest BCUT2D eigenvalue weighted by Crippen LogP contribution is 2.13. The molecule has 0 amide bonds. The van der Waals surface area contributed by atoms with Gasteiger partial charge in [-0.3, -0.25) is 0 Å². The smallest absolute Gasteiger partial charge is 0.0316 e. The van der Waals surface area contributed by atoms with E-state index < -0.39 is 0 Å². The Hall–Kier alpha value is -1.80. The fourth-order valence-corrected chi connectivity index (χ4v) is 1.93. The number of benzene rings is 2. The van der Waals surface area contributed by atoms with Crippen LogP contribution in [-0.4, -0.2) is 6.54 Å². The zero-order valence-electron chi connectivity index (χ0n) is 9.89. The summed E-state index contributed by atoms with van der Waals surface area (Å²) in [5.74, 6) is 0. The summed E-state index contributed by atoms with van der Waals surface area (Å²) in [6.45, 7) is 0.703. The number of anilines is 1. The molecule has 0 aliphatic heterocycles. The average molecular weight is 226 g/mol. The van der Waals surface area contributed by atoms with Crippen LogP contribution in [0.15, 0.2) is 48.5 Å². The van der Waals surface area contributed by atoms with E-state index in [-0.39, 0.29) is 0 Å². The zero-order valence-corrected chi connectivity index (χ0v) is 9.89. The van der Waals surface area contributed by atoms with E-state index >= 15 is 0 Å². The van der Waals surface area contributed by atoms with Crippen LogP contribution in [0.3, 0.4) is 0 Å². The average Bonchev–Trinajstić information content (AvgIpc) is 2.32. The van der Waals surface area contributed by atoms with Gasteiger partial charge in [-0.25, -0.2) is 0 Å². The Kier molecular flexibility index (Phi) is 3.78. The summed E-state index contributed by atoms with van der Waals surface area (Å²) in [7, 11) is 0. The first kappa shape index (κ1) is 11.7. The lowest BCUT2D eigenvalue weighted by molar-refractivity contribution is 0.966. The molecule has 2 aromatic carbocycles. The van der Waals surface area contributed by atoms with Gasteiger partial charge >= 0.3 is 0 Å². The lowest BCUT2D eigenvalue weighted by Gasteiger charge is -2.04. The van der Waals surface area contributed by atoms with Gasteiger partial charge in [-0.2, -0.15) is 0 Å². The molecule has 0 saturated heterocycles. The summed E-state index contributed by atoms with van der Waals surface area (Å²) >= 11 is 0. The molecule has 0 atom stereocenters. The van der Waals surface area contributed by atoms with E-state index in [4.69, 9.17) is 11.5 Å². The largest absolute Gasteiger partial charge is 0.399 e. The number of hydrogen-bond donors (Lipinski definition) is 2. The predicted molar refractivity (Wildman–Crippen MR) is 72.9 cm³/mol. The molecule has 0 aromatic heterocycles. The van der Waals surface area contributed by atoms with Crippen LogP contribution in [0.5, 0.6) is 0 Å². The van der Waals surface area contributed by atoms with Crippen molar-refractivity contribution in [3.63, 3.8) is 0 Å². The standard InChI is InChI=1S/C15H18N2/c16-9-8-12-4-6-13(7-5-12)10-14-2-1-3-15(17)11-14/h1-7,11H,8-10,16-17H2. The molecule has 0 unspecified atom stereocenters. The highest BCUT2D eigenvalue weighted by Gasteiger charge is 1.97. The Balaban J connectivity index is 2.08. The second kappa shape index (κ2) is 5.51. The fourth-order valence-electron chi connectivity index (χ4n) is 1.93. The highest BCUT2D eigenvalue weighted by atomic mass is 14.5. The van der Waals surface area contributed by atoms with Gasteiger partial charge in [0.2, 0.25) is 0 Å². The zero-order chi connectivity index (χ0) is 12.1. The van der Waals surface area contributed by atoms with E-state index in [9.17, 15) is 0 Å². The van der Waals surface area contributed by atoms with Crippen molar-refractivity contribution in [2.24, 2.45) is 5.73 Å². The van der Waals surface area contributed by atoms with Gasteiger partial charge in [0.15, 0.2) is 0 Å². The molecule has 0 saturated carbocycles. The molecule has 0 aliphatic carbocycles. The molecule has 0 heterocycles. The Labute approximate surface area is 102 Å². The summed E-state index contributed by atoms with van der Waals surface area (Å²) in [5, 5.41) is 0. The lowest BCUT2D eigenvalue weighted by atomic mass is 10.0. The molecule has 88 valence electrons. The number of nitrogens with two attached hydrogens (primary N) is 2. The Morgan fingerprint density at radius 3 is 2.18 bits per heavy atom. The van der Waals surface area contributed by atoms with Crippen LogP contribution in [0.2, 0.25) is 0 Å². The first-order chi connectivity index (χ1) is 8.28. The van der Waals surface area contributed by atoms with Gasteiger partial charge in [-0.15, -0.1) is 0 Å². The topological polar surface area (TPSA) is 52.0 Å². The molecule has 0 spiro atoms. The second-order valence-electron chi connectivity index (χ2n) is 4.28. The molecule has 2 nitrogen and oxygen atoms in total. The van der Waals surface area contributed by atoms with Crippen LogP contribution in [0, 0.1) is 0 Å². The Morgan fingerprint density at radius 2 is 1.53 bits per heavy atom. The van der Waals surface area contributed by atoms with Crippen molar-refractivity contribution < 1.29 is 0 Å². The quantitative estimate of drug-likeness (QED) is 0.786. The Morgan fingerprint density at radius 1 is 0.824 bits per heavy atom. The lowest BCUT2D eigenvalue weighted by Crippen LogP contribution is -2.02. The van der Waals surface area contributed by atoms with E-state index in [2.05, 4.69) is 30.3 Å². The summed E-state index contributed by atoms with van der Waals surface area (Å²) < 4.78 is 0. The van der Waals surface area contributed by atoms with Crippen LogP contribution in [-0.2, 0) is 12.8 Å². The SMILES string of the molecule is NCCc1ccc(Cc2cccc(N)c2)cc1. The van der Waals surface area contributed by atoms with Crippen LogP contribution in [0.4, 0.5) is 5.69 Å². The van der Waals surface area contributed by atoms with E-state index in [0.29, 0.717) is 6.54 Å². The van der Waals surface area contributed by atoms with Crippen molar-refractivity contribution in [3.05, 3.63) is 65.2 Å². The van der Waals surface area contributed by atoms with Crippen LogP contribution >= 0.6 is 0 Å². The summed E-state index contributed by atoms with van der Waals surface area (Å²) in [6, 6.07) is 16.6. The van der Waals surface area contributed by atoms with Crippen molar-refractivity contribution >= 4 is 5.69 Å². The van der Waals surface area contributed by atoms with Crippen molar-refractivity contribution in [1.29, 1.82) is 0 Å². The van der Waals surface area contributed by atoms with Crippen molar-refractivity contribution in [2.75, 3.05) is 12.3 Å². The maximum Gasteiger partial charge on any atom is 0.0316 e. The monoisotopic (exact) mass is 226 g/mol. The number of rotatable bonds is 4. The van der Waals surface area contributed by atoms with Gasteiger partial charge in [-0.1, -0.05) is 36.4 Å². The first-order valence-corrected chi connectivity index (χ1v) is 5.90. The first-order valence-electron chi connectivity index (χ1n) is 5.90. The molecular weight excluding hydrogens is 208 g/mol. The van der Waals surface area contributed by atoms with Gasteiger partial charge in [0.05, 0.1) is 0 Å². The van der Waals surface area contributed by atoms with Crippen LogP contribution in [0.1, 0.15) is 16.7 Å².